The zero-order chi connectivity index (χ0) is 11.1. The monoisotopic (exact) mass is 203 g/mol. The summed E-state index contributed by atoms with van der Waals surface area (Å²) in [6.07, 6.45) is 0. The number of ether oxygens (including phenoxy) is 2. The fraction of sp³-hybridized carbons (Fsp3) is 0.778. The highest BCUT2D eigenvalue weighted by Gasteiger charge is 2.20. The highest BCUT2D eigenvalue weighted by molar-refractivity contribution is 5.73. The normalized spacial score (nSPS) is 14.3. The molecule has 0 aromatic heterocycles. The molecule has 0 aliphatic heterocycles. The number of rotatable bonds is 5. The van der Waals surface area contributed by atoms with Gasteiger partial charge in [-0.2, -0.15) is 0 Å². The van der Waals surface area contributed by atoms with Crippen molar-refractivity contribution in [3.63, 3.8) is 0 Å². The van der Waals surface area contributed by atoms with Gasteiger partial charge in [0, 0.05) is 6.04 Å². The Kier molecular flexibility index (Phi) is 5.87. The molecule has 0 bridgehead atoms. The summed E-state index contributed by atoms with van der Waals surface area (Å²) in [5.74, 6) is -0.937. The van der Waals surface area contributed by atoms with Crippen molar-refractivity contribution in [2.24, 2.45) is 5.92 Å². The molecule has 0 saturated carbocycles. The van der Waals surface area contributed by atoms with Gasteiger partial charge in [-0.1, -0.05) is 6.92 Å². The summed E-state index contributed by atoms with van der Waals surface area (Å²) in [6, 6.07) is -0.124. The Morgan fingerprint density at radius 3 is 2.21 bits per heavy atom. The summed E-state index contributed by atoms with van der Waals surface area (Å²) in [5, 5.41) is 2.87. The van der Waals surface area contributed by atoms with Gasteiger partial charge in [0.1, 0.15) is 0 Å². The van der Waals surface area contributed by atoms with Gasteiger partial charge in [-0.3, -0.25) is 9.59 Å². The molecule has 14 heavy (non-hydrogen) atoms. The first kappa shape index (κ1) is 12.9. The van der Waals surface area contributed by atoms with E-state index in [0.29, 0.717) is 0 Å². The largest absolute Gasteiger partial charge is 0.469 e. The van der Waals surface area contributed by atoms with Crippen molar-refractivity contribution in [3.8, 4) is 0 Å². The third-order valence-electron chi connectivity index (χ3n) is 2.12. The number of hydrogen-bond acceptors (Lipinski definition) is 5. The molecule has 0 spiro atoms. The van der Waals surface area contributed by atoms with Crippen LogP contribution >= 0.6 is 0 Å². The van der Waals surface area contributed by atoms with Gasteiger partial charge in [0.25, 0.3) is 0 Å². The van der Waals surface area contributed by atoms with Gasteiger partial charge < -0.3 is 14.8 Å². The molecule has 0 aliphatic rings. The minimum atomic E-state index is -0.353. The smallest absolute Gasteiger partial charge is 0.319 e. The maximum Gasteiger partial charge on any atom is 0.319 e. The summed E-state index contributed by atoms with van der Waals surface area (Å²) < 4.78 is 9.02. The Morgan fingerprint density at radius 2 is 1.79 bits per heavy atom. The Hall–Kier alpha value is -1.10. The molecule has 5 nitrogen and oxygen atoms in total. The van der Waals surface area contributed by atoms with Crippen LogP contribution in [-0.2, 0) is 19.1 Å². The second kappa shape index (κ2) is 6.37. The highest BCUT2D eigenvalue weighted by Crippen LogP contribution is 2.03. The van der Waals surface area contributed by atoms with Crippen LogP contribution < -0.4 is 5.32 Å². The topological polar surface area (TPSA) is 64.6 Å². The quantitative estimate of drug-likeness (QED) is 0.634. The van der Waals surface area contributed by atoms with E-state index in [0.717, 1.165) is 0 Å². The van der Waals surface area contributed by atoms with Crippen LogP contribution in [-0.4, -0.2) is 38.7 Å². The molecule has 0 aliphatic carbocycles. The van der Waals surface area contributed by atoms with E-state index >= 15 is 0 Å². The van der Waals surface area contributed by atoms with Gasteiger partial charge in [0.15, 0.2) is 0 Å². The number of hydrogen-bond donors (Lipinski definition) is 1. The summed E-state index contributed by atoms with van der Waals surface area (Å²) in [4.78, 5) is 21.9. The van der Waals surface area contributed by atoms with Gasteiger partial charge in [-0.05, 0) is 6.92 Å². The Bertz CT molecular complexity index is 205. The van der Waals surface area contributed by atoms with Crippen LogP contribution in [0, 0.1) is 5.92 Å². The molecule has 0 aromatic carbocycles. The zero-order valence-electron chi connectivity index (χ0n) is 8.99. The molecule has 0 radical (unpaired) electrons. The molecule has 0 aromatic rings. The van der Waals surface area contributed by atoms with Crippen molar-refractivity contribution in [3.05, 3.63) is 0 Å². The number of carbonyl (C=O) groups is 2. The first-order valence-corrected chi connectivity index (χ1v) is 4.41. The summed E-state index contributed by atoms with van der Waals surface area (Å²) in [7, 11) is 2.66. The number of carbonyl (C=O) groups excluding carboxylic acids is 2. The molecule has 82 valence electrons. The molecule has 1 N–H and O–H groups in total. The molecule has 5 heteroatoms. The average Bonchev–Trinajstić information content (AvgIpc) is 2.22. The minimum absolute atomic E-state index is 0.0962. The van der Waals surface area contributed by atoms with Gasteiger partial charge >= 0.3 is 11.9 Å². The zero-order valence-corrected chi connectivity index (χ0v) is 8.99. The third-order valence-corrected chi connectivity index (χ3v) is 2.12. The Labute approximate surface area is 83.8 Å². The lowest BCUT2D eigenvalue weighted by atomic mass is 10.0. The SMILES string of the molecule is COC(=O)CNC(C)C(C)C(=O)OC. The van der Waals surface area contributed by atoms with E-state index in [9.17, 15) is 9.59 Å². The lowest BCUT2D eigenvalue weighted by Crippen LogP contribution is -2.39. The van der Waals surface area contributed by atoms with Crippen LogP contribution in [0.5, 0.6) is 0 Å². The van der Waals surface area contributed by atoms with Crippen molar-refractivity contribution in [2.45, 2.75) is 19.9 Å². The second-order valence-electron chi connectivity index (χ2n) is 3.06. The molecular weight excluding hydrogens is 186 g/mol. The molecule has 0 saturated heterocycles. The molecule has 2 unspecified atom stereocenters. The van der Waals surface area contributed by atoms with E-state index in [1.165, 1.54) is 14.2 Å². The first-order valence-electron chi connectivity index (χ1n) is 4.41. The van der Waals surface area contributed by atoms with Crippen LogP contribution in [0.25, 0.3) is 0 Å². The first-order chi connectivity index (χ1) is 6.52. The molecule has 0 fully saturated rings. The van der Waals surface area contributed by atoms with Crippen LogP contribution in [0.15, 0.2) is 0 Å². The maximum absolute atomic E-state index is 11.1. The molecule has 0 heterocycles. The van der Waals surface area contributed by atoms with Crippen LogP contribution in [0.2, 0.25) is 0 Å². The predicted octanol–water partition coefficient (Wildman–Crippen LogP) is -0.0534. The van der Waals surface area contributed by atoms with Crippen molar-refractivity contribution < 1.29 is 19.1 Å². The highest BCUT2D eigenvalue weighted by atomic mass is 16.5. The maximum atomic E-state index is 11.1. The summed E-state index contributed by atoms with van der Waals surface area (Å²) in [5.41, 5.74) is 0. The van der Waals surface area contributed by atoms with Crippen LogP contribution in [0.3, 0.4) is 0 Å². The predicted molar refractivity (Wildman–Crippen MR) is 50.7 cm³/mol. The molecular formula is C9H17NO4. The van der Waals surface area contributed by atoms with Gasteiger partial charge in [0.05, 0.1) is 26.7 Å². The summed E-state index contributed by atoms with van der Waals surface area (Å²) >= 11 is 0. The van der Waals surface area contributed by atoms with E-state index < -0.39 is 0 Å². The fourth-order valence-electron chi connectivity index (χ4n) is 0.883. The minimum Gasteiger partial charge on any atom is -0.469 e. The average molecular weight is 203 g/mol. The van der Waals surface area contributed by atoms with E-state index in [-0.39, 0.29) is 30.4 Å². The number of nitrogens with one attached hydrogen (secondary N) is 1. The lowest BCUT2D eigenvalue weighted by molar-refractivity contribution is -0.146. The molecule has 2 atom stereocenters. The Morgan fingerprint density at radius 1 is 1.21 bits per heavy atom. The van der Waals surface area contributed by atoms with Crippen molar-refractivity contribution in [1.82, 2.24) is 5.32 Å². The van der Waals surface area contributed by atoms with Gasteiger partial charge in [0.2, 0.25) is 0 Å². The van der Waals surface area contributed by atoms with E-state index in [4.69, 9.17) is 0 Å². The van der Waals surface area contributed by atoms with Crippen molar-refractivity contribution in [2.75, 3.05) is 20.8 Å². The van der Waals surface area contributed by atoms with Crippen molar-refractivity contribution >= 4 is 11.9 Å². The van der Waals surface area contributed by atoms with E-state index in [1.54, 1.807) is 6.92 Å². The molecule has 0 rings (SSSR count). The second-order valence-corrected chi connectivity index (χ2v) is 3.06. The number of esters is 2. The fourth-order valence-corrected chi connectivity index (χ4v) is 0.883. The number of methoxy groups -OCH3 is 2. The molecule has 0 amide bonds. The van der Waals surface area contributed by atoms with Crippen LogP contribution in [0.4, 0.5) is 0 Å². The van der Waals surface area contributed by atoms with Gasteiger partial charge in [-0.25, -0.2) is 0 Å². The lowest BCUT2D eigenvalue weighted by Gasteiger charge is -2.18. The van der Waals surface area contributed by atoms with Crippen molar-refractivity contribution in [1.29, 1.82) is 0 Å². The van der Waals surface area contributed by atoms with E-state index in [1.807, 2.05) is 6.92 Å². The third kappa shape index (κ3) is 4.23. The van der Waals surface area contributed by atoms with Crippen LogP contribution in [0.1, 0.15) is 13.8 Å². The summed E-state index contributed by atoms with van der Waals surface area (Å²) in [6.45, 7) is 3.64. The van der Waals surface area contributed by atoms with Gasteiger partial charge in [-0.15, -0.1) is 0 Å². The Balaban J connectivity index is 3.89. The van der Waals surface area contributed by atoms with E-state index in [2.05, 4.69) is 14.8 Å². The standard InChI is InChI=1S/C9H17NO4/c1-6(9(12)14-4)7(2)10-5-8(11)13-3/h6-7,10H,5H2,1-4H3.